The van der Waals surface area contributed by atoms with E-state index in [0.717, 1.165) is 25.9 Å². The van der Waals surface area contributed by atoms with Crippen LogP contribution in [0.4, 0.5) is 10.5 Å². The lowest BCUT2D eigenvalue weighted by Crippen LogP contribution is -2.41. The van der Waals surface area contributed by atoms with Gasteiger partial charge >= 0.3 is 12.0 Å². The quantitative estimate of drug-likeness (QED) is 0.809. The normalized spacial score (nSPS) is 22.5. The number of urea groups is 1. The summed E-state index contributed by atoms with van der Waals surface area (Å²) in [5, 5.41) is 12.1. The molecule has 1 fully saturated rings. The minimum Gasteiger partial charge on any atom is -0.481 e. The summed E-state index contributed by atoms with van der Waals surface area (Å²) in [6.45, 7) is 5.06. The van der Waals surface area contributed by atoms with Crippen LogP contribution in [0.1, 0.15) is 25.3 Å². The number of para-hydroxylation sites is 1. The third kappa shape index (κ3) is 3.32. The van der Waals surface area contributed by atoms with E-state index in [9.17, 15) is 14.7 Å². The van der Waals surface area contributed by atoms with Crippen LogP contribution in [0.3, 0.4) is 0 Å². The van der Waals surface area contributed by atoms with Crippen molar-refractivity contribution in [2.75, 3.05) is 37.6 Å². The molecule has 2 aliphatic heterocycles. The van der Waals surface area contributed by atoms with Crippen molar-refractivity contribution in [2.45, 2.75) is 26.2 Å². The van der Waals surface area contributed by atoms with Gasteiger partial charge in [0.1, 0.15) is 0 Å². The molecule has 0 aliphatic carbocycles. The van der Waals surface area contributed by atoms with Gasteiger partial charge in [-0.2, -0.15) is 0 Å². The van der Waals surface area contributed by atoms with Crippen molar-refractivity contribution in [3.05, 3.63) is 29.8 Å². The van der Waals surface area contributed by atoms with Gasteiger partial charge in [-0.3, -0.25) is 4.79 Å². The number of aliphatic carboxylic acids is 1. The van der Waals surface area contributed by atoms with E-state index < -0.39 is 11.4 Å². The van der Waals surface area contributed by atoms with Crippen LogP contribution in [-0.4, -0.2) is 54.7 Å². The van der Waals surface area contributed by atoms with E-state index >= 15 is 0 Å². The Labute approximate surface area is 142 Å². The molecule has 6 nitrogen and oxygen atoms in total. The summed E-state index contributed by atoms with van der Waals surface area (Å²) < 4.78 is 0. The minimum atomic E-state index is -0.828. The third-order valence-electron chi connectivity index (χ3n) is 5.14. The Hall–Kier alpha value is -2.24. The molecule has 0 saturated carbocycles. The first-order valence-corrected chi connectivity index (χ1v) is 8.59. The van der Waals surface area contributed by atoms with Gasteiger partial charge in [0.15, 0.2) is 0 Å². The topological polar surface area (TPSA) is 72.9 Å². The number of nitrogens with zero attached hydrogens (tertiary/aromatic N) is 2. The molecule has 130 valence electrons. The van der Waals surface area contributed by atoms with Crippen LogP contribution in [0.5, 0.6) is 0 Å². The second-order valence-corrected chi connectivity index (χ2v) is 6.99. The molecule has 1 unspecified atom stereocenters. The molecule has 2 N–H and O–H groups in total. The van der Waals surface area contributed by atoms with Crippen LogP contribution in [0.2, 0.25) is 0 Å². The molecule has 0 bridgehead atoms. The van der Waals surface area contributed by atoms with Crippen LogP contribution in [-0.2, 0) is 11.2 Å². The van der Waals surface area contributed by atoms with E-state index in [0.29, 0.717) is 19.5 Å². The maximum absolute atomic E-state index is 12.2. The van der Waals surface area contributed by atoms with E-state index in [1.165, 1.54) is 11.3 Å². The molecule has 3 rings (SSSR count). The third-order valence-corrected chi connectivity index (χ3v) is 5.14. The summed E-state index contributed by atoms with van der Waals surface area (Å²) in [4.78, 5) is 27.4. The van der Waals surface area contributed by atoms with Gasteiger partial charge in [-0.15, -0.1) is 0 Å². The van der Waals surface area contributed by atoms with Gasteiger partial charge in [-0.25, -0.2) is 4.79 Å². The number of benzene rings is 1. The fourth-order valence-electron chi connectivity index (χ4n) is 3.52. The van der Waals surface area contributed by atoms with Crippen molar-refractivity contribution in [3.63, 3.8) is 0 Å². The van der Waals surface area contributed by atoms with E-state index in [4.69, 9.17) is 0 Å². The standard InChI is InChI=1S/C18H25N3O3/c1-18(16(22)23)8-12-21(13-18)17(24)19-9-4-10-20-11-7-14-5-2-3-6-15(14)20/h2-3,5-6H,4,7-13H2,1H3,(H,19,24)(H,22,23). The summed E-state index contributed by atoms with van der Waals surface area (Å²) in [6.07, 6.45) is 2.48. The lowest BCUT2D eigenvalue weighted by Gasteiger charge is -2.22. The number of anilines is 1. The first-order chi connectivity index (χ1) is 11.5. The maximum atomic E-state index is 12.2. The highest BCUT2D eigenvalue weighted by molar-refractivity contribution is 5.79. The highest BCUT2D eigenvalue weighted by Crippen LogP contribution is 2.30. The zero-order valence-corrected chi connectivity index (χ0v) is 14.1. The van der Waals surface area contributed by atoms with Crippen LogP contribution < -0.4 is 10.2 Å². The van der Waals surface area contributed by atoms with Crippen LogP contribution in [0.15, 0.2) is 24.3 Å². The number of fused-ring (bicyclic) bond motifs is 1. The smallest absolute Gasteiger partial charge is 0.317 e. The molecule has 0 radical (unpaired) electrons. The fraction of sp³-hybridized carbons (Fsp3) is 0.556. The first-order valence-electron chi connectivity index (χ1n) is 8.59. The average Bonchev–Trinajstić information content (AvgIpc) is 3.16. The Morgan fingerprint density at radius 2 is 2.08 bits per heavy atom. The van der Waals surface area contributed by atoms with Crippen molar-refractivity contribution in [1.82, 2.24) is 10.2 Å². The molecule has 6 heteroatoms. The van der Waals surface area contributed by atoms with Crippen molar-refractivity contribution in [1.29, 1.82) is 0 Å². The predicted molar refractivity (Wildman–Crippen MR) is 92.3 cm³/mol. The highest BCUT2D eigenvalue weighted by Gasteiger charge is 2.42. The lowest BCUT2D eigenvalue weighted by molar-refractivity contribution is -0.146. The minimum absolute atomic E-state index is 0.151. The van der Waals surface area contributed by atoms with Gasteiger partial charge in [0.25, 0.3) is 0 Å². The van der Waals surface area contributed by atoms with Gasteiger partial charge in [-0.1, -0.05) is 18.2 Å². The summed E-state index contributed by atoms with van der Waals surface area (Å²) in [5.74, 6) is -0.828. The molecule has 1 aromatic rings. The predicted octanol–water partition coefficient (Wildman–Crippen LogP) is 1.95. The van der Waals surface area contributed by atoms with E-state index in [1.54, 1.807) is 11.8 Å². The van der Waals surface area contributed by atoms with Crippen molar-refractivity contribution in [2.24, 2.45) is 5.41 Å². The lowest BCUT2D eigenvalue weighted by atomic mass is 9.90. The molecule has 2 aliphatic rings. The first kappa shape index (κ1) is 16.6. The zero-order chi connectivity index (χ0) is 17.2. The van der Waals surface area contributed by atoms with Gasteiger partial charge < -0.3 is 20.2 Å². The molecule has 0 spiro atoms. The number of amides is 2. The number of carbonyl (C=O) groups excluding carboxylic acids is 1. The molecule has 1 atom stereocenters. The van der Waals surface area contributed by atoms with Crippen molar-refractivity contribution in [3.8, 4) is 0 Å². The number of carbonyl (C=O) groups is 2. The van der Waals surface area contributed by atoms with Gasteiger partial charge in [0, 0.05) is 38.4 Å². The molecule has 2 amide bonds. The fourth-order valence-corrected chi connectivity index (χ4v) is 3.52. The number of nitrogens with one attached hydrogen (secondary N) is 1. The summed E-state index contributed by atoms with van der Waals surface area (Å²) in [5.41, 5.74) is 1.89. The number of hydrogen-bond donors (Lipinski definition) is 2. The van der Waals surface area contributed by atoms with Crippen LogP contribution >= 0.6 is 0 Å². The van der Waals surface area contributed by atoms with E-state index in [-0.39, 0.29) is 12.6 Å². The van der Waals surface area contributed by atoms with Gasteiger partial charge in [0.05, 0.1) is 5.41 Å². The molecule has 24 heavy (non-hydrogen) atoms. The van der Waals surface area contributed by atoms with Crippen LogP contribution in [0.25, 0.3) is 0 Å². The Morgan fingerprint density at radius 3 is 2.83 bits per heavy atom. The van der Waals surface area contributed by atoms with Crippen LogP contribution in [0, 0.1) is 5.41 Å². The molecular weight excluding hydrogens is 306 g/mol. The van der Waals surface area contributed by atoms with Gasteiger partial charge in [0.2, 0.25) is 0 Å². The number of rotatable bonds is 5. The average molecular weight is 331 g/mol. The zero-order valence-electron chi connectivity index (χ0n) is 14.1. The summed E-state index contributed by atoms with van der Waals surface area (Å²) in [6, 6.07) is 8.30. The summed E-state index contributed by atoms with van der Waals surface area (Å²) in [7, 11) is 0. The number of carboxylic acids is 1. The van der Waals surface area contributed by atoms with Crippen molar-refractivity contribution < 1.29 is 14.7 Å². The Balaban J connectivity index is 1.40. The van der Waals surface area contributed by atoms with Crippen molar-refractivity contribution >= 4 is 17.7 Å². The largest absolute Gasteiger partial charge is 0.481 e. The number of likely N-dealkylation sites (tertiary alicyclic amines) is 1. The summed E-state index contributed by atoms with van der Waals surface area (Å²) >= 11 is 0. The second kappa shape index (κ2) is 6.71. The SMILES string of the molecule is CC1(C(=O)O)CCN(C(=O)NCCCN2CCc3ccccc32)C1. The van der Waals surface area contributed by atoms with Gasteiger partial charge in [-0.05, 0) is 37.8 Å². The Kier molecular flexibility index (Phi) is 4.64. The van der Waals surface area contributed by atoms with E-state index in [1.807, 2.05) is 0 Å². The van der Waals surface area contributed by atoms with E-state index in [2.05, 4.69) is 34.5 Å². The molecular formula is C18H25N3O3. The molecule has 1 aromatic carbocycles. The molecule has 2 heterocycles. The monoisotopic (exact) mass is 331 g/mol. The molecule has 1 saturated heterocycles. The molecule has 0 aromatic heterocycles. The Morgan fingerprint density at radius 1 is 1.29 bits per heavy atom. The number of carboxylic acid groups (broad SMARTS) is 1. The maximum Gasteiger partial charge on any atom is 0.317 e. The number of hydrogen-bond acceptors (Lipinski definition) is 3. The second-order valence-electron chi connectivity index (χ2n) is 6.99. The Bertz CT molecular complexity index is 634. The highest BCUT2D eigenvalue weighted by atomic mass is 16.4.